The minimum Gasteiger partial charge on any atom is -0.491 e. The summed E-state index contributed by atoms with van der Waals surface area (Å²) in [6, 6.07) is 5.66. The third kappa shape index (κ3) is 4.52. The van der Waals surface area contributed by atoms with Crippen LogP contribution >= 0.6 is 0 Å². The Balaban J connectivity index is 2.67. The Morgan fingerprint density at radius 3 is 2.53 bits per heavy atom. The van der Waals surface area contributed by atoms with Crippen molar-refractivity contribution in [3.63, 3.8) is 0 Å². The number of rotatable bonds is 7. The highest BCUT2D eigenvalue weighted by atomic mass is 19.1. The predicted molar refractivity (Wildman–Crippen MR) is 70.6 cm³/mol. The molecule has 0 saturated heterocycles. The second-order valence-corrected chi connectivity index (χ2v) is 4.49. The maximum absolute atomic E-state index is 12.8. The van der Waals surface area contributed by atoms with E-state index < -0.39 is 5.54 Å². The number of benzene rings is 1. The van der Waals surface area contributed by atoms with Crippen LogP contribution in [0.4, 0.5) is 4.39 Å². The molecule has 0 aromatic heterocycles. The molecule has 1 aromatic carbocycles. The Morgan fingerprint density at radius 2 is 2.00 bits per heavy atom. The molecule has 4 nitrogen and oxygen atoms in total. The number of halogens is 1. The van der Waals surface area contributed by atoms with Gasteiger partial charge in [0, 0.05) is 0 Å². The average Bonchev–Trinajstić information content (AvgIpc) is 2.43. The van der Waals surface area contributed by atoms with Crippen LogP contribution in [0.5, 0.6) is 5.75 Å². The van der Waals surface area contributed by atoms with Crippen LogP contribution in [-0.4, -0.2) is 31.8 Å². The quantitative estimate of drug-likeness (QED) is 0.770. The second-order valence-electron chi connectivity index (χ2n) is 4.49. The molecule has 0 saturated carbocycles. The monoisotopic (exact) mass is 269 g/mol. The molecular weight excluding hydrogens is 249 g/mol. The van der Waals surface area contributed by atoms with Gasteiger partial charge in [-0.2, -0.15) is 0 Å². The minimum absolute atomic E-state index is 0.116. The van der Waals surface area contributed by atoms with E-state index in [0.29, 0.717) is 12.3 Å². The van der Waals surface area contributed by atoms with Crippen molar-refractivity contribution in [1.29, 1.82) is 0 Å². The van der Waals surface area contributed by atoms with E-state index in [1.54, 1.807) is 6.92 Å². The van der Waals surface area contributed by atoms with Crippen molar-refractivity contribution in [2.75, 3.05) is 20.3 Å². The normalized spacial score (nSPS) is 13.7. The molecule has 0 amide bonds. The van der Waals surface area contributed by atoms with E-state index in [1.807, 2.05) is 6.92 Å². The fraction of sp³-hybridized carbons (Fsp3) is 0.500. The van der Waals surface area contributed by atoms with Crippen molar-refractivity contribution in [2.45, 2.75) is 25.8 Å². The number of hydrogen-bond acceptors (Lipinski definition) is 4. The first-order valence-electron chi connectivity index (χ1n) is 6.23. The standard InChI is InChI=1S/C14H20FNO3/c1-4-9-16-14(2,13(17)18-3)10-19-12-7-5-11(15)6-8-12/h5-8,16H,4,9-10H2,1-3H3. The topological polar surface area (TPSA) is 47.6 Å². The van der Waals surface area contributed by atoms with Gasteiger partial charge in [0.15, 0.2) is 0 Å². The van der Waals surface area contributed by atoms with Gasteiger partial charge in [-0.25, -0.2) is 9.18 Å². The average molecular weight is 269 g/mol. The van der Waals surface area contributed by atoms with Gasteiger partial charge >= 0.3 is 5.97 Å². The molecule has 0 bridgehead atoms. The number of hydrogen-bond donors (Lipinski definition) is 1. The van der Waals surface area contributed by atoms with Gasteiger partial charge in [0.2, 0.25) is 0 Å². The van der Waals surface area contributed by atoms with E-state index in [1.165, 1.54) is 31.4 Å². The van der Waals surface area contributed by atoms with Gasteiger partial charge < -0.3 is 9.47 Å². The fourth-order valence-electron chi connectivity index (χ4n) is 1.57. The second kappa shape index (κ2) is 7.09. The maximum atomic E-state index is 12.8. The number of carbonyl (C=O) groups is 1. The van der Waals surface area contributed by atoms with Crippen molar-refractivity contribution in [1.82, 2.24) is 5.32 Å². The summed E-state index contributed by atoms with van der Waals surface area (Å²) in [4.78, 5) is 11.8. The van der Waals surface area contributed by atoms with Crippen molar-refractivity contribution in [3.8, 4) is 5.75 Å². The van der Waals surface area contributed by atoms with Gasteiger partial charge in [-0.1, -0.05) is 6.92 Å². The Hall–Kier alpha value is -1.62. The molecule has 1 atom stereocenters. The Morgan fingerprint density at radius 1 is 1.37 bits per heavy atom. The molecule has 0 aliphatic heterocycles. The van der Waals surface area contributed by atoms with E-state index in [-0.39, 0.29) is 18.4 Å². The molecule has 0 aliphatic carbocycles. The Labute approximate surface area is 112 Å². The fourth-order valence-corrected chi connectivity index (χ4v) is 1.57. The van der Waals surface area contributed by atoms with Gasteiger partial charge in [-0.05, 0) is 44.2 Å². The smallest absolute Gasteiger partial charge is 0.329 e. The summed E-state index contributed by atoms with van der Waals surface area (Å²) in [5.41, 5.74) is -0.918. The lowest BCUT2D eigenvalue weighted by molar-refractivity contribution is -0.149. The van der Waals surface area contributed by atoms with Gasteiger partial charge in [-0.3, -0.25) is 5.32 Å². The molecule has 5 heteroatoms. The van der Waals surface area contributed by atoms with Crippen molar-refractivity contribution < 1.29 is 18.7 Å². The molecule has 1 aromatic rings. The summed E-state index contributed by atoms with van der Waals surface area (Å²) in [6.07, 6.45) is 0.892. The first kappa shape index (κ1) is 15.4. The lowest BCUT2D eigenvalue weighted by atomic mass is 10.0. The van der Waals surface area contributed by atoms with E-state index in [0.717, 1.165) is 6.42 Å². The van der Waals surface area contributed by atoms with Gasteiger partial charge in [0.25, 0.3) is 0 Å². The number of methoxy groups -OCH3 is 1. The van der Waals surface area contributed by atoms with E-state index in [4.69, 9.17) is 9.47 Å². The summed E-state index contributed by atoms with van der Waals surface area (Å²) in [5.74, 6) is -0.204. The SMILES string of the molecule is CCCNC(C)(COc1ccc(F)cc1)C(=O)OC. The molecule has 0 spiro atoms. The Kier molecular flexibility index (Phi) is 5.76. The third-order valence-corrected chi connectivity index (χ3v) is 2.74. The first-order chi connectivity index (χ1) is 9.01. The van der Waals surface area contributed by atoms with Crippen LogP contribution in [0.25, 0.3) is 0 Å². The molecule has 1 unspecified atom stereocenters. The highest BCUT2D eigenvalue weighted by molar-refractivity contribution is 5.80. The highest BCUT2D eigenvalue weighted by Gasteiger charge is 2.34. The number of carbonyl (C=O) groups excluding carboxylic acids is 1. The number of nitrogens with one attached hydrogen (secondary N) is 1. The van der Waals surface area contributed by atoms with Crippen molar-refractivity contribution in [3.05, 3.63) is 30.1 Å². The van der Waals surface area contributed by atoms with Crippen LogP contribution in [0.1, 0.15) is 20.3 Å². The van der Waals surface area contributed by atoms with E-state index >= 15 is 0 Å². The summed E-state index contributed by atoms with van der Waals surface area (Å²) >= 11 is 0. The van der Waals surface area contributed by atoms with E-state index in [9.17, 15) is 9.18 Å². The van der Waals surface area contributed by atoms with Crippen molar-refractivity contribution >= 4 is 5.97 Å². The molecule has 0 radical (unpaired) electrons. The minimum atomic E-state index is -0.918. The van der Waals surface area contributed by atoms with Gasteiger partial charge in [0.1, 0.15) is 23.7 Å². The molecule has 1 N–H and O–H groups in total. The summed E-state index contributed by atoms with van der Waals surface area (Å²) in [5, 5.41) is 3.10. The van der Waals surface area contributed by atoms with Crippen LogP contribution in [0.15, 0.2) is 24.3 Å². The van der Waals surface area contributed by atoms with Crippen molar-refractivity contribution in [2.24, 2.45) is 0 Å². The lowest BCUT2D eigenvalue weighted by Gasteiger charge is -2.27. The zero-order valence-corrected chi connectivity index (χ0v) is 11.5. The van der Waals surface area contributed by atoms with Crippen LogP contribution < -0.4 is 10.1 Å². The molecule has 0 fully saturated rings. The highest BCUT2D eigenvalue weighted by Crippen LogP contribution is 2.15. The summed E-state index contributed by atoms with van der Waals surface area (Å²) in [6.45, 7) is 4.52. The zero-order chi connectivity index (χ0) is 14.3. The van der Waals surface area contributed by atoms with Gasteiger partial charge in [0.05, 0.1) is 7.11 Å². The Bertz CT molecular complexity index is 408. The van der Waals surface area contributed by atoms with Crippen LogP contribution in [-0.2, 0) is 9.53 Å². The zero-order valence-electron chi connectivity index (χ0n) is 11.5. The molecule has 0 heterocycles. The first-order valence-corrected chi connectivity index (χ1v) is 6.23. The van der Waals surface area contributed by atoms with Gasteiger partial charge in [-0.15, -0.1) is 0 Å². The molecule has 0 aliphatic rings. The van der Waals surface area contributed by atoms with Crippen LogP contribution in [0, 0.1) is 5.82 Å². The largest absolute Gasteiger partial charge is 0.491 e. The molecule has 106 valence electrons. The third-order valence-electron chi connectivity index (χ3n) is 2.74. The number of esters is 1. The lowest BCUT2D eigenvalue weighted by Crippen LogP contribution is -2.54. The summed E-state index contributed by atoms with van der Waals surface area (Å²) in [7, 11) is 1.34. The summed E-state index contributed by atoms with van der Waals surface area (Å²) < 4.78 is 23.1. The van der Waals surface area contributed by atoms with Crippen LogP contribution in [0.3, 0.4) is 0 Å². The van der Waals surface area contributed by atoms with E-state index in [2.05, 4.69) is 5.32 Å². The molecular formula is C14H20FNO3. The van der Waals surface area contributed by atoms with Crippen LogP contribution in [0.2, 0.25) is 0 Å². The molecule has 19 heavy (non-hydrogen) atoms. The predicted octanol–water partition coefficient (Wildman–Crippen LogP) is 2.14. The number of ether oxygens (including phenoxy) is 2. The molecule has 1 rings (SSSR count). The maximum Gasteiger partial charge on any atom is 0.329 e.